The van der Waals surface area contributed by atoms with Gasteiger partial charge in [0.2, 0.25) is 0 Å². The van der Waals surface area contributed by atoms with Crippen LogP contribution in [-0.4, -0.2) is 19.8 Å². The van der Waals surface area contributed by atoms with E-state index in [1.165, 1.54) is 6.07 Å². The standard InChI is InChI=1S/C13H16F3NO2/c1-8(2-3-17)9-6-11-12(19-5-4-18-11)7-10(9)13(14,15)16/h6-8H,2-5,17H2,1H3. The van der Waals surface area contributed by atoms with Gasteiger partial charge in [0.15, 0.2) is 11.5 Å². The molecule has 19 heavy (non-hydrogen) atoms. The third kappa shape index (κ3) is 2.94. The van der Waals surface area contributed by atoms with Gasteiger partial charge in [-0.05, 0) is 36.6 Å². The minimum absolute atomic E-state index is 0.155. The summed E-state index contributed by atoms with van der Waals surface area (Å²) in [5, 5.41) is 0. The Kier molecular flexibility index (Phi) is 3.89. The number of benzene rings is 1. The van der Waals surface area contributed by atoms with Crippen molar-refractivity contribution in [3.05, 3.63) is 23.3 Å². The number of halogens is 3. The van der Waals surface area contributed by atoms with Gasteiger partial charge < -0.3 is 15.2 Å². The fourth-order valence-corrected chi connectivity index (χ4v) is 2.16. The molecule has 1 aliphatic rings. The predicted octanol–water partition coefficient (Wildman–Crippen LogP) is 2.93. The summed E-state index contributed by atoms with van der Waals surface area (Å²) in [5.41, 5.74) is 4.97. The molecule has 0 aromatic heterocycles. The molecule has 0 spiro atoms. The molecule has 3 nitrogen and oxygen atoms in total. The van der Waals surface area contributed by atoms with Crippen LogP contribution in [0.25, 0.3) is 0 Å². The third-order valence-electron chi connectivity index (χ3n) is 3.15. The second-order valence-electron chi connectivity index (χ2n) is 4.56. The minimum atomic E-state index is -4.41. The van der Waals surface area contributed by atoms with Crippen molar-refractivity contribution in [1.82, 2.24) is 0 Å². The van der Waals surface area contributed by atoms with Crippen molar-refractivity contribution in [3.63, 3.8) is 0 Å². The Balaban J connectivity index is 2.49. The molecule has 0 saturated heterocycles. The van der Waals surface area contributed by atoms with Crippen LogP contribution in [0.5, 0.6) is 11.5 Å². The third-order valence-corrected chi connectivity index (χ3v) is 3.15. The Hall–Kier alpha value is -1.43. The summed E-state index contributed by atoms with van der Waals surface area (Å²) in [4.78, 5) is 0. The molecule has 1 heterocycles. The van der Waals surface area contributed by atoms with Crippen LogP contribution in [0.2, 0.25) is 0 Å². The van der Waals surface area contributed by atoms with Crippen molar-refractivity contribution in [3.8, 4) is 11.5 Å². The zero-order valence-corrected chi connectivity index (χ0v) is 10.6. The van der Waals surface area contributed by atoms with Gasteiger partial charge in [-0.2, -0.15) is 13.2 Å². The first-order valence-electron chi connectivity index (χ1n) is 6.14. The molecule has 0 amide bonds. The first-order valence-corrected chi connectivity index (χ1v) is 6.14. The highest BCUT2D eigenvalue weighted by Crippen LogP contribution is 2.43. The fourth-order valence-electron chi connectivity index (χ4n) is 2.16. The zero-order chi connectivity index (χ0) is 14.0. The van der Waals surface area contributed by atoms with Gasteiger partial charge in [-0.25, -0.2) is 0 Å². The van der Waals surface area contributed by atoms with Crippen molar-refractivity contribution in [2.45, 2.75) is 25.4 Å². The Morgan fingerprint density at radius 1 is 1.21 bits per heavy atom. The lowest BCUT2D eigenvalue weighted by Gasteiger charge is -2.24. The van der Waals surface area contributed by atoms with Gasteiger partial charge in [-0.3, -0.25) is 0 Å². The van der Waals surface area contributed by atoms with Crippen molar-refractivity contribution < 1.29 is 22.6 Å². The highest BCUT2D eigenvalue weighted by molar-refractivity contribution is 5.50. The molecule has 2 rings (SSSR count). The Morgan fingerprint density at radius 3 is 2.32 bits per heavy atom. The summed E-state index contributed by atoms with van der Waals surface area (Å²) in [5.74, 6) is 0.248. The van der Waals surface area contributed by atoms with E-state index in [4.69, 9.17) is 15.2 Å². The van der Waals surface area contributed by atoms with Gasteiger partial charge in [-0.15, -0.1) is 0 Å². The van der Waals surface area contributed by atoms with Gasteiger partial charge in [0, 0.05) is 0 Å². The molecular weight excluding hydrogens is 259 g/mol. The smallest absolute Gasteiger partial charge is 0.416 e. The Bertz CT molecular complexity index is 460. The molecule has 0 radical (unpaired) electrons. The van der Waals surface area contributed by atoms with E-state index in [-0.39, 0.29) is 23.8 Å². The van der Waals surface area contributed by atoms with Crippen LogP contribution in [0.4, 0.5) is 13.2 Å². The van der Waals surface area contributed by atoms with Gasteiger partial charge in [0.05, 0.1) is 5.56 Å². The van der Waals surface area contributed by atoms with Crippen LogP contribution in [0, 0.1) is 0 Å². The number of alkyl halides is 3. The highest BCUT2D eigenvalue weighted by Gasteiger charge is 2.36. The number of ether oxygens (including phenoxy) is 2. The maximum Gasteiger partial charge on any atom is 0.416 e. The zero-order valence-electron chi connectivity index (χ0n) is 10.6. The van der Waals surface area contributed by atoms with E-state index in [2.05, 4.69) is 0 Å². The van der Waals surface area contributed by atoms with E-state index in [9.17, 15) is 13.2 Å². The maximum absolute atomic E-state index is 13.1. The van der Waals surface area contributed by atoms with Crippen LogP contribution in [-0.2, 0) is 6.18 Å². The van der Waals surface area contributed by atoms with Gasteiger partial charge >= 0.3 is 6.18 Å². The second-order valence-corrected chi connectivity index (χ2v) is 4.56. The molecular formula is C13H16F3NO2. The molecule has 106 valence electrons. The number of nitrogens with two attached hydrogens (primary N) is 1. The molecule has 1 aromatic carbocycles. The highest BCUT2D eigenvalue weighted by atomic mass is 19.4. The lowest BCUT2D eigenvalue weighted by molar-refractivity contribution is -0.138. The molecule has 2 N–H and O–H groups in total. The van der Waals surface area contributed by atoms with Crippen LogP contribution in [0.1, 0.15) is 30.4 Å². The van der Waals surface area contributed by atoms with E-state index in [1.54, 1.807) is 6.92 Å². The first kappa shape index (κ1) is 14.0. The first-order chi connectivity index (χ1) is 8.93. The molecule has 1 aliphatic heterocycles. The molecule has 1 unspecified atom stereocenters. The molecule has 0 fully saturated rings. The minimum Gasteiger partial charge on any atom is -0.486 e. The van der Waals surface area contributed by atoms with Crippen LogP contribution in [0.3, 0.4) is 0 Å². The summed E-state index contributed by atoms with van der Waals surface area (Å²) in [6.07, 6.45) is -3.92. The van der Waals surface area contributed by atoms with Gasteiger partial charge in [-0.1, -0.05) is 6.92 Å². The Labute approximate surface area is 109 Å². The van der Waals surface area contributed by atoms with Crippen molar-refractivity contribution in [2.24, 2.45) is 5.73 Å². The van der Waals surface area contributed by atoms with Crippen LogP contribution < -0.4 is 15.2 Å². The van der Waals surface area contributed by atoms with Crippen molar-refractivity contribution in [1.29, 1.82) is 0 Å². The van der Waals surface area contributed by atoms with Crippen molar-refractivity contribution >= 4 is 0 Å². The quantitative estimate of drug-likeness (QED) is 0.922. The van der Waals surface area contributed by atoms with E-state index >= 15 is 0 Å². The molecule has 6 heteroatoms. The number of hydrogen-bond donors (Lipinski definition) is 1. The summed E-state index contributed by atoms with van der Waals surface area (Å²) < 4.78 is 49.8. The monoisotopic (exact) mass is 275 g/mol. The average molecular weight is 275 g/mol. The van der Waals surface area contributed by atoms with Crippen LogP contribution in [0.15, 0.2) is 12.1 Å². The van der Waals surface area contributed by atoms with Crippen LogP contribution >= 0.6 is 0 Å². The van der Waals surface area contributed by atoms with E-state index in [1.807, 2.05) is 0 Å². The summed E-state index contributed by atoms with van der Waals surface area (Å²) in [6.45, 7) is 2.69. The normalized spacial score (nSPS) is 16.3. The van der Waals surface area contributed by atoms with E-state index in [0.29, 0.717) is 25.3 Å². The number of rotatable bonds is 3. The number of fused-ring (bicyclic) bond motifs is 1. The molecule has 0 bridgehead atoms. The summed E-state index contributed by atoms with van der Waals surface area (Å²) in [7, 11) is 0. The molecule has 1 atom stereocenters. The average Bonchev–Trinajstić information content (AvgIpc) is 2.36. The second kappa shape index (κ2) is 5.28. The van der Waals surface area contributed by atoms with Gasteiger partial charge in [0.1, 0.15) is 13.2 Å². The maximum atomic E-state index is 13.1. The Morgan fingerprint density at radius 2 is 1.79 bits per heavy atom. The predicted molar refractivity (Wildman–Crippen MR) is 64.5 cm³/mol. The number of hydrogen-bond acceptors (Lipinski definition) is 3. The van der Waals surface area contributed by atoms with Gasteiger partial charge in [0.25, 0.3) is 0 Å². The topological polar surface area (TPSA) is 44.5 Å². The van der Waals surface area contributed by atoms with E-state index < -0.39 is 11.7 Å². The van der Waals surface area contributed by atoms with Crippen molar-refractivity contribution in [2.75, 3.05) is 19.8 Å². The summed E-state index contributed by atoms with van der Waals surface area (Å²) >= 11 is 0. The van der Waals surface area contributed by atoms with E-state index in [0.717, 1.165) is 6.07 Å². The fraction of sp³-hybridized carbons (Fsp3) is 0.538. The molecule has 0 saturated carbocycles. The lowest BCUT2D eigenvalue weighted by atomic mass is 9.92. The molecule has 0 aliphatic carbocycles. The lowest BCUT2D eigenvalue weighted by Crippen LogP contribution is -2.19. The largest absolute Gasteiger partial charge is 0.486 e. The summed E-state index contributed by atoms with van der Waals surface area (Å²) in [6, 6.07) is 2.45. The SMILES string of the molecule is CC(CCN)c1cc2c(cc1C(F)(F)F)OCCO2. The molecule has 1 aromatic rings.